The lowest BCUT2D eigenvalue weighted by Crippen LogP contribution is -2.15. The van der Waals surface area contributed by atoms with E-state index in [9.17, 15) is 0 Å². The van der Waals surface area contributed by atoms with Crippen LogP contribution in [-0.2, 0) is 6.42 Å². The predicted molar refractivity (Wildman–Crippen MR) is 58.3 cm³/mol. The fraction of sp³-hybridized carbons (Fsp3) is 0.500. The molecule has 0 aromatic carbocycles. The van der Waals surface area contributed by atoms with E-state index in [0.29, 0.717) is 0 Å². The van der Waals surface area contributed by atoms with Crippen LogP contribution in [0.3, 0.4) is 0 Å². The van der Waals surface area contributed by atoms with Crippen molar-refractivity contribution >= 4 is 11.8 Å². The van der Waals surface area contributed by atoms with Crippen LogP contribution >= 0.6 is 11.8 Å². The summed E-state index contributed by atoms with van der Waals surface area (Å²) >= 11 is 1.76. The molecule has 1 rings (SSSR count). The number of likely N-dealkylation sites (N-methyl/N-ethyl adjacent to an activating group) is 1. The fourth-order valence-corrected chi connectivity index (χ4v) is 1.51. The molecule has 1 aromatic rings. The van der Waals surface area contributed by atoms with Crippen molar-refractivity contribution in [2.75, 3.05) is 26.9 Å². The second-order valence-corrected chi connectivity index (χ2v) is 4.12. The molecule has 0 unspecified atom stereocenters. The smallest absolute Gasteiger partial charge is 0.0427 e. The maximum absolute atomic E-state index is 4.32. The van der Waals surface area contributed by atoms with Gasteiger partial charge < -0.3 is 4.90 Å². The van der Waals surface area contributed by atoms with Crippen molar-refractivity contribution in [1.82, 2.24) is 9.88 Å². The molecule has 0 bridgehead atoms. The van der Waals surface area contributed by atoms with Crippen LogP contribution in [0.5, 0.6) is 0 Å². The Balaban J connectivity index is 2.56. The van der Waals surface area contributed by atoms with Crippen molar-refractivity contribution in [2.24, 2.45) is 0 Å². The topological polar surface area (TPSA) is 16.1 Å². The number of rotatable bonds is 4. The molecule has 72 valence electrons. The van der Waals surface area contributed by atoms with E-state index in [1.165, 1.54) is 10.6 Å². The third-order valence-corrected chi connectivity index (χ3v) is 2.56. The summed E-state index contributed by atoms with van der Waals surface area (Å²) in [5.41, 5.74) is 1.18. The summed E-state index contributed by atoms with van der Waals surface area (Å²) in [6.07, 6.45) is 5.00. The van der Waals surface area contributed by atoms with E-state index >= 15 is 0 Å². The molecule has 1 aromatic heterocycles. The predicted octanol–water partition coefficient (Wildman–Crippen LogP) is 1.91. The van der Waals surface area contributed by atoms with Crippen LogP contribution in [0, 0.1) is 0 Å². The van der Waals surface area contributed by atoms with Gasteiger partial charge in [-0.3, -0.25) is 4.98 Å². The first-order valence-corrected chi connectivity index (χ1v) is 5.58. The van der Waals surface area contributed by atoms with E-state index in [4.69, 9.17) is 0 Å². The zero-order valence-corrected chi connectivity index (χ0v) is 9.27. The van der Waals surface area contributed by atoms with Crippen molar-refractivity contribution in [3.8, 4) is 0 Å². The Morgan fingerprint density at radius 3 is 2.85 bits per heavy atom. The quantitative estimate of drug-likeness (QED) is 0.684. The number of hydrogen-bond donors (Lipinski definition) is 0. The van der Waals surface area contributed by atoms with Gasteiger partial charge in [-0.2, -0.15) is 0 Å². The van der Waals surface area contributed by atoms with Crippen LogP contribution in [0.25, 0.3) is 0 Å². The molecular formula is C10H16N2S. The molecule has 0 N–H and O–H groups in total. The Labute approximate surface area is 84.4 Å². The largest absolute Gasteiger partial charge is 0.309 e. The minimum absolute atomic E-state index is 1.03. The van der Waals surface area contributed by atoms with Gasteiger partial charge in [0.2, 0.25) is 0 Å². The molecule has 0 aliphatic rings. The van der Waals surface area contributed by atoms with Gasteiger partial charge in [0.05, 0.1) is 0 Å². The average molecular weight is 196 g/mol. The number of thioether (sulfide) groups is 1. The van der Waals surface area contributed by atoms with Crippen molar-refractivity contribution in [3.63, 3.8) is 0 Å². The van der Waals surface area contributed by atoms with E-state index in [2.05, 4.69) is 36.3 Å². The normalized spacial score (nSPS) is 10.8. The third-order valence-electron chi connectivity index (χ3n) is 1.84. The Morgan fingerprint density at radius 2 is 2.23 bits per heavy atom. The molecule has 0 atom stereocenters. The van der Waals surface area contributed by atoms with Crippen molar-refractivity contribution in [3.05, 3.63) is 24.0 Å². The maximum atomic E-state index is 4.32. The van der Waals surface area contributed by atoms with Crippen LogP contribution < -0.4 is 0 Å². The first-order valence-electron chi connectivity index (χ1n) is 4.36. The van der Waals surface area contributed by atoms with Crippen LogP contribution in [0.4, 0.5) is 0 Å². The van der Waals surface area contributed by atoms with Gasteiger partial charge in [-0.25, -0.2) is 0 Å². The number of pyridine rings is 1. The highest BCUT2D eigenvalue weighted by Crippen LogP contribution is 2.14. The Kier molecular flexibility index (Phi) is 4.25. The van der Waals surface area contributed by atoms with E-state index in [0.717, 1.165) is 13.0 Å². The summed E-state index contributed by atoms with van der Waals surface area (Å²) in [6.45, 7) is 1.06. The molecule has 3 heteroatoms. The van der Waals surface area contributed by atoms with E-state index in [1.807, 2.05) is 12.3 Å². The summed E-state index contributed by atoms with van der Waals surface area (Å²) in [5, 5.41) is 0. The summed E-state index contributed by atoms with van der Waals surface area (Å²) in [6, 6.07) is 4.21. The van der Waals surface area contributed by atoms with Crippen LogP contribution in [0.2, 0.25) is 0 Å². The molecule has 1 heterocycles. The summed E-state index contributed by atoms with van der Waals surface area (Å²) in [7, 11) is 4.16. The second-order valence-electron chi connectivity index (χ2n) is 3.24. The minimum atomic E-state index is 1.03. The summed E-state index contributed by atoms with van der Waals surface area (Å²) < 4.78 is 0. The first kappa shape index (κ1) is 10.5. The highest BCUT2D eigenvalue weighted by atomic mass is 32.2. The zero-order chi connectivity index (χ0) is 9.68. The third kappa shape index (κ3) is 3.79. The molecule has 0 amide bonds. The highest BCUT2D eigenvalue weighted by molar-refractivity contribution is 7.98. The number of nitrogens with zero attached hydrogens (tertiary/aromatic N) is 2. The molecule has 2 nitrogen and oxygen atoms in total. The van der Waals surface area contributed by atoms with Gasteiger partial charge in [-0.1, -0.05) is 0 Å². The highest BCUT2D eigenvalue weighted by Gasteiger charge is 1.97. The fourth-order valence-electron chi connectivity index (χ4n) is 1.06. The lowest BCUT2D eigenvalue weighted by atomic mass is 10.2. The Hall–Kier alpha value is -0.540. The van der Waals surface area contributed by atoms with Gasteiger partial charge in [0.15, 0.2) is 0 Å². The first-order chi connectivity index (χ1) is 6.22. The van der Waals surface area contributed by atoms with E-state index < -0.39 is 0 Å². The lowest BCUT2D eigenvalue weighted by Gasteiger charge is -2.08. The molecule has 13 heavy (non-hydrogen) atoms. The number of hydrogen-bond acceptors (Lipinski definition) is 3. The molecule has 0 radical (unpaired) electrons. The molecule has 0 saturated heterocycles. The molecule has 0 saturated carbocycles. The van der Waals surface area contributed by atoms with Gasteiger partial charge in [0.1, 0.15) is 0 Å². The van der Waals surface area contributed by atoms with Gasteiger partial charge in [-0.05, 0) is 32.5 Å². The SMILES string of the molecule is CSc1ccnc(CCN(C)C)c1. The average Bonchev–Trinajstić information content (AvgIpc) is 2.15. The Morgan fingerprint density at radius 1 is 1.46 bits per heavy atom. The lowest BCUT2D eigenvalue weighted by molar-refractivity contribution is 0.411. The molecule has 0 spiro atoms. The second kappa shape index (κ2) is 5.25. The van der Waals surface area contributed by atoms with Gasteiger partial charge >= 0.3 is 0 Å². The van der Waals surface area contributed by atoms with Gasteiger partial charge in [-0.15, -0.1) is 11.8 Å². The van der Waals surface area contributed by atoms with Crippen LogP contribution in [0.15, 0.2) is 23.2 Å². The minimum Gasteiger partial charge on any atom is -0.309 e. The van der Waals surface area contributed by atoms with Crippen molar-refractivity contribution < 1.29 is 0 Å². The molecule has 0 aliphatic heterocycles. The van der Waals surface area contributed by atoms with Crippen molar-refractivity contribution in [1.29, 1.82) is 0 Å². The van der Waals surface area contributed by atoms with Crippen molar-refractivity contribution in [2.45, 2.75) is 11.3 Å². The van der Waals surface area contributed by atoms with Gasteiger partial charge in [0, 0.05) is 29.8 Å². The summed E-state index contributed by atoms with van der Waals surface area (Å²) in [4.78, 5) is 7.79. The van der Waals surface area contributed by atoms with E-state index in [-0.39, 0.29) is 0 Å². The monoisotopic (exact) mass is 196 g/mol. The van der Waals surface area contributed by atoms with Crippen LogP contribution in [0.1, 0.15) is 5.69 Å². The standard InChI is InChI=1S/C10H16N2S/c1-12(2)7-5-9-8-10(13-3)4-6-11-9/h4,6,8H,5,7H2,1-3H3. The summed E-state index contributed by atoms with van der Waals surface area (Å²) in [5.74, 6) is 0. The maximum Gasteiger partial charge on any atom is 0.0427 e. The number of aromatic nitrogens is 1. The van der Waals surface area contributed by atoms with Crippen LogP contribution in [-0.4, -0.2) is 36.8 Å². The van der Waals surface area contributed by atoms with E-state index in [1.54, 1.807) is 11.8 Å². The van der Waals surface area contributed by atoms with Gasteiger partial charge in [0.25, 0.3) is 0 Å². The molecule has 0 fully saturated rings. The molecular weight excluding hydrogens is 180 g/mol. The molecule has 0 aliphatic carbocycles. The zero-order valence-electron chi connectivity index (χ0n) is 8.45. The Bertz CT molecular complexity index is 261.